The first-order valence-corrected chi connectivity index (χ1v) is 10.4. The number of non-ortho nitro benzene ring substituents is 1. The van der Waals surface area contributed by atoms with E-state index in [4.69, 9.17) is 0 Å². The molecule has 2 unspecified atom stereocenters. The SMILES string of the molecule is Cc1ccc(CN2C3CCCC2CC(NC(=O)c2cccc([N+](=O)[O-])c2)C3)cc1. The number of hydrogen-bond acceptors (Lipinski definition) is 4. The van der Waals surface area contributed by atoms with Crippen molar-refractivity contribution in [3.05, 3.63) is 75.3 Å². The minimum absolute atomic E-state index is 0.0533. The van der Waals surface area contributed by atoms with Crippen molar-refractivity contribution in [1.82, 2.24) is 10.2 Å². The van der Waals surface area contributed by atoms with Crippen molar-refractivity contribution in [2.24, 2.45) is 0 Å². The normalized spacial score (nSPS) is 24.1. The van der Waals surface area contributed by atoms with Crippen LogP contribution in [-0.2, 0) is 6.54 Å². The molecule has 4 rings (SSSR count). The molecule has 0 spiro atoms. The number of aryl methyl sites for hydroxylation is 1. The summed E-state index contributed by atoms with van der Waals surface area (Å²) < 4.78 is 0. The van der Waals surface area contributed by atoms with Crippen LogP contribution in [0.25, 0.3) is 0 Å². The van der Waals surface area contributed by atoms with Gasteiger partial charge in [-0.15, -0.1) is 0 Å². The third-order valence-electron chi connectivity index (χ3n) is 6.27. The highest BCUT2D eigenvalue weighted by molar-refractivity contribution is 5.95. The average molecular weight is 393 g/mol. The van der Waals surface area contributed by atoms with E-state index in [9.17, 15) is 14.9 Å². The number of nitrogens with one attached hydrogen (secondary N) is 1. The van der Waals surface area contributed by atoms with Crippen LogP contribution in [0.15, 0.2) is 48.5 Å². The molecule has 6 nitrogen and oxygen atoms in total. The van der Waals surface area contributed by atoms with E-state index in [0.29, 0.717) is 17.6 Å². The van der Waals surface area contributed by atoms with Crippen molar-refractivity contribution in [3.8, 4) is 0 Å². The van der Waals surface area contributed by atoms with Gasteiger partial charge in [-0.25, -0.2) is 0 Å². The van der Waals surface area contributed by atoms with E-state index in [2.05, 4.69) is 41.4 Å². The van der Waals surface area contributed by atoms with Crippen molar-refractivity contribution in [2.45, 2.75) is 63.7 Å². The van der Waals surface area contributed by atoms with Gasteiger partial charge >= 0.3 is 0 Å². The van der Waals surface area contributed by atoms with Crippen LogP contribution in [0.3, 0.4) is 0 Å². The Morgan fingerprint density at radius 3 is 2.48 bits per heavy atom. The zero-order valence-electron chi connectivity index (χ0n) is 16.7. The third kappa shape index (κ3) is 4.48. The van der Waals surface area contributed by atoms with E-state index in [-0.39, 0.29) is 17.6 Å². The first kappa shape index (κ1) is 19.6. The lowest BCUT2D eigenvalue weighted by molar-refractivity contribution is -0.384. The van der Waals surface area contributed by atoms with E-state index in [1.54, 1.807) is 12.1 Å². The Morgan fingerprint density at radius 1 is 1.14 bits per heavy atom. The zero-order chi connectivity index (χ0) is 20.4. The first-order chi connectivity index (χ1) is 14.0. The summed E-state index contributed by atoms with van der Waals surface area (Å²) in [6.07, 6.45) is 5.43. The third-order valence-corrected chi connectivity index (χ3v) is 6.27. The number of piperidine rings is 2. The lowest BCUT2D eigenvalue weighted by Gasteiger charge is -2.49. The van der Waals surface area contributed by atoms with Gasteiger partial charge in [-0.2, -0.15) is 0 Å². The second-order valence-electron chi connectivity index (χ2n) is 8.35. The molecule has 29 heavy (non-hydrogen) atoms. The second-order valence-corrected chi connectivity index (χ2v) is 8.35. The summed E-state index contributed by atoms with van der Waals surface area (Å²) >= 11 is 0. The summed E-state index contributed by atoms with van der Waals surface area (Å²) in [7, 11) is 0. The number of amides is 1. The summed E-state index contributed by atoms with van der Waals surface area (Å²) in [5.74, 6) is -0.219. The van der Waals surface area contributed by atoms with Crippen molar-refractivity contribution in [1.29, 1.82) is 0 Å². The Balaban J connectivity index is 1.42. The molecule has 2 fully saturated rings. The molecule has 2 saturated heterocycles. The summed E-state index contributed by atoms with van der Waals surface area (Å²) in [4.78, 5) is 25.8. The Bertz CT molecular complexity index is 882. The molecule has 1 N–H and O–H groups in total. The number of fused-ring (bicyclic) bond motifs is 2. The molecule has 2 aromatic carbocycles. The van der Waals surface area contributed by atoms with Crippen LogP contribution in [0.4, 0.5) is 5.69 Å². The van der Waals surface area contributed by atoms with Crippen LogP contribution in [0.1, 0.15) is 53.6 Å². The number of benzene rings is 2. The Hall–Kier alpha value is -2.73. The number of nitrogens with zero attached hydrogens (tertiary/aromatic N) is 2. The number of nitro benzene ring substituents is 1. The van der Waals surface area contributed by atoms with E-state index in [1.807, 2.05) is 0 Å². The topological polar surface area (TPSA) is 75.5 Å². The highest BCUT2D eigenvalue weighted by Gasteiger charge is 2.38. The smallest absolute Gasteiger partial charge is 0.270 e. The second kappa shape index (κ2) is 8.33. The zero-order valence-corrected chi connectivity index (χ0v) is 16.7. The molecule has 2 aliphatic heterocycles. The fourth-order valence-corrected chi connectivity index (χ4v) is 4.79. The Labute approximate surface area is 171 Å². The Kier molecular flexibility index (Phi) is 5.62. The number of rotatable bonds is 5. The molecule has 2 aromatic rings. The van der Waals surface area contributed by atoms with E-state index in [1.165, 1.54) is 29.7 Å². The molecule has 0 aromatic heterocycles. The lowest BCUT2D eigenvalue weighted by atomic mass is 9.81. The lowest BCUT2D eigenvalue weighted by Crippen LogP contribution is -2.56. The van der Waals surface area contributed by atoms with Crippen LogP contribution in [-0.4, -0.2) is 33.9 Å². The van der Waals surface area contributed by atoms with Gasteiger partial charge in [-0.3, -0.25) is 19.8 Å². The molecule has 0 aliphatic carbocycles. The van der Waals surface area contributed by atoms with E-state index >= 15 is 0 Å². The molecule has 2 aliphatic rings. The molecule has 2 atom stereocenters. The summed E-state index contributed by atoms with van der Waals surface area (Å²) in [5.41, 5.74) is 2.91. The van der Waals surface area contributed by atoms with Gasteiger partial charge in [0, 0.05) is 42.4 Å². The molecule has 6 heteroatoms. The fraction of sp³-hybridized carbons (Fsp3) is 0.435. The standard InChI is InChI=1S/C23H27N3O3/c1-16-8-10-17(11-9-16)15-25-20-5-3-6-21(25)14-19(13-20)24-23(27)18-4-2-7-22(12-18)26(28)29/h2,4,7-12,19-21H,3,5-6,13-15H2,1H3,(H,24,27). The van der Waals surface area contributed by atoms with Crippen LogP contribution in [0.5, 0.6) is 0 Å². The van der Waals surface area contributed by atoms with E-state index in [0.717, 1.165) is 32.2 Å². The predicted octanol–water partition coefficient (Wildman–Crippen LogP) is 4.22. The molecule has 0 radical (unpaired) electrons. The van der Waals surface area contributed by atoms with Crippen molar-refractivity contribution in [2.75, 3.05) is 0 Å². The maximum Gasteiger partial charge on any atom is 0.270 e. The maximum absolute atomic E-state index is 12.7. The first-order valence-electron chi connectivity index (χ1n) is 10.4. The number of carbonyl (C=O) groups excluding carboxylic acids is 1. The van der Waals surface area contributed by atoms with Crippen LogP contribution in [0, 0.1) is 17.0 Å². The number of carbonyl (C=O) groups is 1. The quantitative estimate of drug-likeness (QED) is 0.610. The predicted molar refractivity (Wildman–Crippen MR) is 112 cm³/mol. The van der Waals surface area contributed by atoms with Crippen molar-refractivity contribution >= 4 is 11.6 Å². The fourth-order valence-electron chi connectivity index (χ4n) is 4.79. The van der Waals surface area contributed by atoms with Gasteiger partial charge in [0.05, 0.1) is 4.92 Å². The molecule has 2 bridgehead atoms. The van der Waals surface area contributed by atoms with Gasteiger partial charge in [0.25, 0.3) is 11.6 Å². The molecule has 1 amide bonds. The molecule has 0 saturated carbocycles. The average Bonchev–Trinajstić information content (AvgIpc) is 2.70. The number of hydrogen-bond donors (Lipinski definition) is 1. The molecular formula is C23H27N3O3. The minimum atomic E-state index is -0.468. The minimum Gasteiger partial charge on any atom is -0.349 e. The van der Waals surface area contributed by atoms with Crippen LogP contribution < -0.4 is 5.32 Å². The monoisotopic (exact) mass is 393 g/mol. The van der Waals surface area contributed by atoms with Crippen LogP contribution >= 0.6 is 0 Å². The largest absolute Gasteiger partial charge is 0.349 e. The highest BCUT2D eigenvalue weighted by atomic mass is 16.6. The van der Waals surface area contributed by atoms with E-state index < -0.39 is 4.92 Å². The van der Waals surface area contributed by atoms with Gasteiger partial charge < -0.3 is 5.32 Å². The highest BCUT2D eigenvalue weighted by Crippen LogP contribution is 2.35. The van der Waals surface area contributed by atoms with Gasteiger partial charge in [-0.05, 0) is 44.2 Å². The summed E-state index contributed by atoms with van der Waals surface area (Å²) in [6, 6.07) is 15.8. The van der Waals surface area contributed by atoms with Crippen molar-refractivity contribution < 1.29 is 9.72 Å². The van der Waals surface area contributed by atoms with Gasteiger partial charge in [-0.1, -0.05) is 42.3 Å². The summed E-state index contributed by atoms with van der Waals surface area (Å²) in [5, 5.41) is 14.1. The molecular weight excluding hydrogens is 366 g/mol. The van der Waals surface area contributed by atoms with Crippen LogP contribution in [0.2, 0.25) is 0 Å². The van der Waals surface area contributed by atoms with Gasteiger partial charge in [0.15, 0.2) is 0 Å². The summed E-state index contributed by atoms with van der Waals surface area (Å²) in [6.45, 7) is 3.06. The van der Waals surface area contributed by atoms with Gasteiger partial charge in [0.2, 0.25) is 0 Å². The van der Waals surface area contributed by atoms with Gasteiger partial charge in [0.1, 0.15) is 0 Å². The Morgan fingerprint density at radius 2 is 1.83 bits per heavy atom. The molecule has 152 valence electrons. The van der Waals surface area contributed by atoms with Crippen molar-refractivity contribution in [3.63, 3.8) is 0 Å². The maximum atomic E-state index is 12.7. The number of nitro groups is 1. The molecule has 2 heterocycles.